The predicted octanol–water partition coefficient (Wildman–Crippen LogP) is 2.32. The van der Waals surface area contributed by atoms with E-state index in [-0.39, 0.29) is 18.4 Å². The quantitative estimate of drug-likeness (QED) is 0.865. The van der Waals surface area contributed by atoms with Gasteiger partial charge in [-0.2, -0.15) is 0 Å². The van der Waals surface area contributed by atoms with E-state index in [4.69, 9.17) is 5.11 Å². The average molecular weight is 294 g/mol. The van der Waals surface area contributed by atoms with Crippen LogP contribution in [0.3, 0.4) is 0 Å². The summed E-state index contributed by atoms with van der Waals surface area (Å²) in [6.45, 7) is 2.55. The van der Waals surface area contributed by atoms with E-state index in [9.17, 15) is 9.59 Å². The Balaban J connectivity index is 2.02. The van der Waals surface area contributed by atoms with Crippen LogP contribution >= 0.6 is 11.3 Å². The third-order valence-electron chi connectivity index (χ3n) is 3.35. The maximum absolute atomic E-state index is 12.2. The fourth-order valence-corrected chi connectivity index (χ4v) is 2.99. The number of carboxylic acid groups (broad SMARTS) is 1. The van der Waals surface area contributed by atoms with Crippen LogP contribution in [0.5, 0.6) is 0 Å². The van der Waals surface area contributed by atoms with Crippen molar-refractivity contribution in [2.45, 2.75) is 38.6 Å². The number of aromatic nitrogens is 1. The number of rotatable bonds is 4. The van der Waals surface area contributed by atoms with Crippen molar-refractivity contribution < 1.29 is 14.7 Å². The predicted molar refractivity (Wildman–Crippen MR) is 77.5 cm³/mol. The Bertz CT molecular complexity index is 524. The number of carbonyl (C=O) groups is 2. The van der Waals surface area contributed by atoms with E-state index in [0.29, 0.717) is 6.54 Å². The number of carbonyl (C=O) groups excluding carboxylic acids is 1. The van der Waals surface area contributed by atoms with E-state index in [1.54, 1.807) is 11.0 Å². The molecule has 0 radical (unpaired) electrons. The molecule has 0 saturated carbocycles. The zero-order valence-corrected chi connectivity index (χ0v) is 12.2. The highest BCUT2D eigenvalue weighted by Crippen LogP contribution is 2.20. The fourth-order valence-electron chi connectivity index (χ4n) is 2.41. The number of hydrogen-bond donors (Lipinski definition) is 1. The maximum atomic E-state index is 12.2. The molecule has 2 heterocycles. The van der Waals surface area contributed by atoms with Gasteiger partial charge in [-0.15, -0.1) is 11.3 Å². The van der Waals surface area contributed by atoms with Crippen molar-refractivity contribution >= 4 is 29.3 Å². The topological polar surface area (TPSA) is 70.5 Å². The first-order chi connectivity index (χ1) is 9.56. The Kier molecular flexibility index (Phi) is 4.89. The van der Waals surface area contributed by atoms with Gasteiger partial charge in [0.1, 0.15) is 0 Å². The van der Waals surface area contributed by atoms with Crippen LogP contribution in [0.2, 0.25) is 0 Å². The highest BCUT2D eigenvalue weighted by Gasteiger charge is 2.27. The molecule has 0 aliphatic carbocycles. The molecule has 1 aliphatic heterocycles. The first kappa shape index (κ1) is 14.7. The van der Waals surface area contributed by atoms with Gasteiger partial charge in [0, 0.05) is 24.0 Å². The number of thiazole rings is 1. The Labute approximate surface area is 121 Å². The summed E-state index contributed by atoms with van der Waals surface area (Å²) in [4.78, 5) is 29.0. The molecule has 1 unspecified atom stereocenters. The molecule has 0 aromatic carbocycles. The van der Waals surface area contributed by atoms with Crippen LogP contribution in [0, 0.1) is 6.92 Å². The van der Waals surface area contributed by atoms with Gasteiger partial charge >= 0.3 is 5.97 Å². The van der Waals surface area contributed by atoms with Crippen molar-refractivity contribution in [3.8, 4) is 0 Å². The lowest BCUT2D eigenvalue weighted by Crippen LogP contribution is -2.44. The summed E-state index contributed by atoms with van der Waals surface area (Å²) in [7, 11) is 0. The van der Waals surface area contributed by atoms with Crippen LogP contribution in [0.1, 0.15) is 36.4 Å². The Hall–Kier alpha value is -1.69. The second kappa shape index (κ2) is 6.65. The van der Waals surface area contributed by atoms with Crippen molar-refractivity contribution in [3.63, 3.8) is 0 Å². The van der Waals surface area contributed by atoms with Crippen LogP contribution in [0.25, 0.3) is 6.08 Å². The van der Waals surface area contributed by atoms with Crippen molar-refractivity contribution in [2.75, 3.05) is 6.54 Å². The lowest BCUT2D eigenvalue weighted by molar-refractivity contribution is -0.140. The van der Waals surface area contributed by atoms with Gasteiger partial charge in [0.2, 0.25) is 5.91 Å². The van der Waals surface area contributed by atoms with Gasteiger partial charge in [0.25, 0.3) is 0 Å². The van der Waals surface area contributed by atoms with Crippen molar-refractivity contribution in [2.24, 2.45) is 0 Å². The van der Waals surface area contributed by atoms with Crippen LogP contribution in [-0.2, 0) is 9.59 Å². The number of aryl methyl sites for hydroxylation is 1. The van der Waals surface area contributed by atoms with Crippen molar-refractivity contribution in [3.05, 3.63) is 22.2 Å². The van der Waals surface area contributed by atoms with Gasteiger partial charge < -0.3 is 10.0 Å². The standard InChI is InChI=1S/C14H18N2O3S/c1-10-15-11(9-20-10)5-6-13(17)16-7-3-2-4-12(16)8-14(18)19/h5-6,9,12H,2-4,7-8H2,1H3,(H,18,19)/b6-5+. The molecule has 1 saturated heterocycles. The minimum absolute atomic E-state index is 0.0232. The summed E-state index contributed by atoms with van der Waals surface area (Å²) >= 11 is 1.54. The van der Waals surface area contributed by atoms with E-state index in [1.165, 1.54) is 17.4 Å². The molecule has 0 spiro atoms. The van der Waals surface area contributed by atoms with E-state index in [1.807, 2.05) is 12.3 Å². The van der Waals surface area contributed by atoms with Gasteiger partial charge in [0.15, 0.2) is 0 Å². The molecule has 2 rings (SSSR count). The molecule has 1 atom stereocenters. The van der Waals surface area contributed by atoms with Gasteiger partial charge in [-0.1, -0.05) is 0 Å². The van der Waals surface area contributed by atoms with Gasteiger partial charge in [-0.3, -0.25) is 9.59 Å². The van der Waals surface area contributed by atoms with E-state index < -0.39 is 5.97 Å². The Morgan fingerprint density at radius 1 is 1.55 bits per heavy atom. The summed E-state index contributed by atoms with van der Waals surface area (Å²) in [5, 5.41) is 11.8. The van der Waals surface area contributed by atoms with Crippen molar-refractivity contribution in [1.29, 1.82) is 0 Å². The number of amides is 1. The minimum Gasteiger partial charge on any atom is -0.481 e. The maximum Gasteiger partial charge on any atom is 0.305 e. The number of hydrogen-bond acceptors (Lipinski definition) is 4. The Morgan fingerprint density at radius 3 is 3.00 bits per heavy atom. The molecule has 0 bridgehead atoms. The SMILES string of the molecule is Cc1nc(/C=C/C(=O)N2CCCCC2CC(=O)O)cs1. The summed E-state index contributed by atoms with van der Waals surface area (Å²) < 4.78 is 0. The molecular weight excluding hydrogens is 276 g/mol. The lowest BCUT2D eigenvalue weighted by Gasteiger charge is -2.34. The lowest BCUT2D eigenvalue weighted by atomic mass is 9.99. The first-order valence-corrected chi connectivity index (χ1v) is 7.57. The van der Waals surface area contributed by atoms with Gasteiger partial charge in [-0.25, -0.2) is 4.98 Å². The minimum atomic E-state index is -0.853. The van der Waals surface area contributed by atoms with E-state index >= 15 is 0 Å². The molecule has 20 heavy (non-hydrogen) atoms. The summed E-state index contributed by atoms with van der Waals surface area (Å²) in [6, 6.07) is -0.185. The molecule has 1 aromatic rings. The number of nitrogens with zero attached hydrogens (tertiary/aromatic N) is 2. The first-order valence-electron chi connectivity index (χ1n) is 6.69. The average Bonchev–Trinajstić information content (AvgIpc) is 2.82. The van der Waals surface area contributed by atoms with Crippen LogP contribution in [0.4, 0.5) is 0 Å². The molecule has 1 aliphatic rings. The second-order valence-corrected chi connectivity index (χ2v) is 5.97. The summed E-state index contributed by atoms with van der Waals surface area (Å²) in [6.07, 6.45) is 5.90. The van der Waals surface area contributed by atoms with Crippen LogP contribution in [-0.4, -0.2) is 39.5 Å². The van der Waals surface area contributed by atoms with E-state index in [0.717, 1.165) is 30.0 Å². The van der Waals surface area contributed by atoms with Crippen LogP contribution in [0.15, 0.2) is 11.5 Å². The number of likely N-dealkylation sites (tertiary alicyclic amines) is 1. The van der Waals surface area contributed by atoms with Gasteiger partial charge in [0.05, 0.1) is 17.1 Å². The molecule has 5 nitrogen and oxygen atoms in total. The molecule has 1 fully saturated rings. The van der Waals surface area contributed by atoms with Crippen LogP contribution < -0.4 is 0 Å². The fraction of sp³-hybridized carbons (Fsp3) is 0.500. The molecule has 1 amide bonds. The Morgan fingerprint density at radius 2 is 2.35 bits per heavy atom. The number of aliphatic carboxylic acids is 1. The largest absolute Gasteiger partial charge is 0.481 e. The summed E-state index contributed by atoms with van der Waals surface area (Å²) in [5.41, 5.74) is 0.771. The zero-order chi connectivity index (χ0) is 14.5. The number of carboxylic acids is 1. The van der Waals surface area contributed by atoms with Crippen molar-refractivity contribution in [1.82, 2.24) is 9.88 Å². The smallest absolute Gasteiger partial charge is 0.305 e. The molecule has 6 heteroatoms. The normalized spacial score (nSPS) is 19.4. The zero-order valence-electron chi connectivity index (χ0n) is 11.4. The molecule has 108 valence electrons. The van der Waals surface area contributed by atoms with Gasteiger partial charge in [-0.05, 0) is 32.3 Å². The monoisotopic (exact) mass is 294 g/mol. The summed E-state index contributed by atoms with van der Waals surface area (Å²) in [5.74, 6) is -0.976. The third kappa shape index (κ3) is 3.90. The van der Waals surface area contributed by atoms with E-state index in [2.05, 4.69) is 4.98 Å². The third-order valence-corrected chi connectivity index (χ3v) is 4.15. The molecule has 1 aromatic heterocycles. The molecular formula is C14H18N2O3S. The highest BCUT2D eigenvalue weighted by molar-refractivity contribution is 7.09. The molecule has 1 N–H and O–H groups in total. The highest BCUT2D eigenvalue weighted by atomic mass is 32.1. The second-order valence-electron chi connectivity index (χ2n) is 4.90. The number of piperidine rings is 1.